The Morgan fingerprint density at radius 3 is 3.06 bits per heavy atom. The van der Waals surface area contributed by atoms with Gasteiger partial charge in [0, 0.05) is 24.2 Å². The molecule has 2 rings (SSSR count). The van der Waals surface area contributed by atoms with Crippen LogP contribution < -0.4 is 5.73 Å². The minimum atomic E-state index is -0.0523. The minimum absolute atomic E-state index is 0.0523. The summed E-state index contributed by atoms with van der Waals surface area (Å²) >= 11 is 5.88. The van der Waals surface area contributed by atoms with Crippen LogP contribution in [-0.2, 0) is 11.2 Å². The highest BCUT2D eigenvalue weighted by molar-refractivity contribution is 6.31. The van der Waals surface area contributed by atoms with Crippen molar-refractivity contribution in [3.8, 4) is 0 Å². The number of aromatic nitrogens is 1. The number of ether oxygens (including phenoxy) is 1. The molecule has 0 amide bonds. The molecule has 92 valence electrons. The van der Waals surface area contributed by atoms with Crippen molar-refractivity contribution in [1.82, 2.24) is 4.98 Å². The Labute approximate surface area is 105 Å². The topological polar surface area (TPSA) is 61.3 Å². The summed E-state index contributed by atoms with van der Waals surface area (Å²) in [6.45, 7) is 3.02. The van der Waals surface area contributed by atoms with Crippen molar-refractivity contribution >= 4 is 22.7 Å². The van der Waals surface area contributed by atoms with Crippen LogP contribution >= 0.6 is 11.6 Å². The number of hydrogen-bond acceptors (Lipinski definition) is 4. The number of halogens is 1. The molecule has 1 heterocycles. The van der Waals surface area contributed by atoms with Crippen LogP contribution in [0.3, 0.4) is 0 Å². The zero-order chi connectivity index (χ0) is 12.3. The average molecular weight is 255 g/mol. The Morgan fingerprint density at radius 2 is 2.35 bits per heavy atom. The third kappa shape index (κ3) is 2.97. The van der Waals surface area contributed by atoms with Crippen LogP contribution in [-0.4, -0.2) is 24.2 Å². The summed E-state index contributed by atoms with van der Waals surface area (Å²) < 4.78 is 11.1. The van der Waals surface area contributed by atoms with Crippen LogP contribution in [0, 0.1) is 0 Å². The van der Waals surface area contributed by atoms with Gasteiger partial charge in [0.15, 0.2) is 11.5 Å². The summed E-state index contributed by atoms with van der Waals surface area (Å²) in [5.74, 6) is 0.631. The highest BCUT2D eigenvalue weighted by Crippen LogP contribution is 2.20. The van der Waals surface area contributed by atoms with Crippen molar-refractivity contribution in [2.24, 2.45) is 5.73 Å². The molecule has 0 bridgehead atoms. The van der Waals surface area contributed by atoms with Gasteiger partial charge >= 0.3 is 0 Å². The molecule has 5 heteroatoms. The number of benzene rings is 1. The molecule has 1 atom stereocenters. The van der Waals surface area contributed by atoms with Crippen LogP contribution in [0.5, 0.6) is 0 Å². The van der Waals surface area contributed by atoms with Crippen molar-refractivity contribution in [2.75, 3.05) is 13.2 Å². The quantitative estimate of drug-likeness (QED) is 0.890. The van der Waals surface area contributed by atoms with Gasteiger partial charge in [-0.3, -0.25) is 0 Å². The van der Waals surface area contributed by atoms with Crippen molar-refractivity contribution in [1.29, 1.82) is 0 Å². The van der Waals surface area contributed by atoms with Gasteiger partial charge in [0.05, 0.1) is 12.5 Å². The zero-order valence-electron chi connectivity index (χ0n) is 9.65. The summed E-state index contributed by atoms with van der Waals surface area (Å²) in [6, 6.07) is 5.38. The van der Waals surface area contributed by atoms with E-state index in [2.05, 4.69) is 4.98 Å². The minimum Gasteiger partial charge on any atom is -0.441 e. The molecular formula is C12H15ClN2O2. The van der Waals surface area contributed by atoms with E-state index >= 15 is 0 Å². The van der Waals surface area contributed by atoms with Crippen LogP contribution in [0.25, 0.3) is 11.1 Å². The lowest BCUT2D eigenvalue weighted by Crippen LogP contribution is -2.26. The summed E-state index contributed by atoms with van der Waals surface area (Å²) in [6.07, 6.45) is 0.528. The van der Waals surface area contributed by atoms with E-state index in [-0.39, 0.29) is 6.10 Å². The molecule has 0 aliphatic rings. The summed E-state index contributed by atoms with van der Waals surface area (Å²) in [5, 5.41) is 0.639. The zero-order valence-corrected chi connectivity index (χ0v) is 10.4. The Kier molecular flexibility index (Phi) is 3.99. The van der Waals surface area contributed by atoms with Crippen LogP contribution in [0.4, 0.5) is 0 Å². The maximum absolute atomic E-state index is 5.88. The first-order chi connectivity index (χ1) is 8.22. The summed E-state index contributed by atoms with van der Waals surface area (Å²) in [7, 11) is 0. The predicted octanol–water partition coefficient (Wildman–Crippen LogP) is 2.39. The predicted molar refractivity (Wildman–Crippen MR) is 67.2 cm³/mol. The van der Waals surface area contributed by atoms with Gasteiger partial charge in [-0.1, -0.05) is 11.6 Å². The Morgan fingerprint density at radius 1 is 1.53 bits per heavy atom. The fourth-order valence-electron chi connectivity index (χ4n) is 1.67. The second kappa shape index (κ2) is 5.49. The first kappa shape index (κ1) is 12.4. The molecule has 0 fully saturated rings. The molecule has 0 spiro atoms. The molecule has 0 aliphatic carbocycles. The van der Waals surface area contributed by atoms with Crippen LogP contribution in [0.2, 0.25) is 5.02 Å². The van der Waals surface area contributed by atoms with Gasteiger partial charge in [0.25, 0.3) is 0 Å². The van der Waals surface area contributed by atoms with Gasteiger partial charge in [-0.05, 0) is 19.1 Å². The van der Waals surface area contributed by atoms with Crippen LogP contribution in [0.15, 0.2) is 22.6 Å². The molecule has 1 unspecified atom stereocenters. The van der Waals surface area contributed by atoms with Crippen molar-refractivity contribution in [3.05, 3.63) is 29.1 Å². The third-order valence-electron chi connectivity index (χ3n) is 2.46. The molecule has 0 radical (unpaired) electrons. The van der Waals surface area contributed by atoms with E-state index in [1.807, 2.05) is 13.0 Å². The Balaban J connectivity index is 2.18. The molecule has 0 saturated heterocycles. The number of hydrogen-bond donors (Lipinski definition) is 1. The molecule has 2 aromatic rings. The van der Waals surface area contributed by atoms with Gasteiger partial charge in [-0.2, -0.15) is 0 Å². The summed E-state index contributed by atoms with van der Waals surface area (Å²) in [5.41, 5.74) is 7.11. The van der Waals surface area contributed by atoms with E-state index in [1.54, 1.807) is 12.1 Å². The maximum atomic E-state index is 5.88. The Hall–Kier alpha value is -1.10. The molecular weight excluding hydrogens is 240 g/mol. The molecule has 0 aliphatic heterocycles. The van der Waals surface area contributed by atoms with E-state index in [1.165, 1.54) is 0 Å². The van der Waals surface area contributed by atoms with Crippen molar-refractivity contribution in [3.63, 3.8) is 0 Å². The second-order valence-electron chi connectivity index (χ2n) is 3.74. The van der Waals surface area contributed by atoms with Gasteiger partial charge in [-0.15, -0.1) is 0 Å². The number of nitrogens with two attached hydrogens (primary N) is 1. The first-order valence-electron chi connectivity index (χ1n) is 5.59. The second-order valence-corrected chi connectivity index (χ2v) is 4.17. The fourth-order valence-corrected chi connectivity index (χ4v) is 1.84. The van der Waals surface area contributed by atoms with E-state index in [0.717, 1.165) is 5.52 Å². The average Bonchev–Trinajstić information content (AvgIpc) is 2.69. The smallest absolute Gasteiger partial charge is 0.198 e. The van der Waals surface area contributed by atoms with Crippen LogP contribution in [0.1, 0.15) is 12.8 Å². The van der Waals surface area contributed by atoms with Gasteiger partial charge in [0.2, 0.25) is 0 Å². The lowest BCUT2D eigenvalue weighted by atomic mass is 10.2. The standard InChI is InChI=1S/C12H15ClN2O2/c1-2-16-9(7-14)6-12-15-10-4-3-8(13)5-11(10)17-12/h3-5,9H,2,6-7,14H2,1H3. The number of oxazole rings is 1. The van der Waals surface area contributed by atoms with E-state index in [0.29, 0.717) is 36.1 Å². The number of nitrogens with zero attached hydrogens (tertiary/aromatic N) is 1. The monoisotopic (exact) mass is 254 g/mol. The molecule has 4 nitrogen and oxygen atoms in total. The third-order valence-corrected chi connectivity index (χ3v) is 2.70. The molecule has 2 N–H and O–H groups in total. The highest BCUT2D eigenvalue weighted by atomic mass is 35.5. The number of fused-ring (bicyclic) bond motifs is 1. The lowest BCUT2D eigenvalue weighted by molar-refractivity contribution is 0.0651. The molecule has 1 aromatic carbocycles. The van der Waals surface area contributed by atoms with Gasteiger partial charge in [-0.25, -0.2) is 4.98 Å². The molecule has 17 heavy (non-hydrogen) atoms. The lowest BCUT2D eigenvalue weighted by Gasteiger charge is -2.11. The highest BCUT2D eigenvalue weighted by Gasteiger charge is 2.13. The molecule has 1 aromatic heterocycles. The van der Waals surface area contributed by atoms with Crippen molar-refractivity contribution < 1.29 is 9.15 Å². The maximum Gasteiger partial charge on any atom is 0.198 e. The van der Waals surface area contributed by atoms with Gasteiger partial charge in [0.1, 0.15) is 5.52 Å². The number of rotatable bonds is 5. The van der Waals surface area contributed by atoms with Gasteiger partial charge < -0.3 is 14.9 Å². The summed E-state index contributed by atoms with van der Waals surface area (Å²) in [4.78, 5) is 4.36. The first-order valence-corrected chi connectivity index (χ1v) is 5.97. The molecule has 0 saturated carbocycles. The van der Waals surface area contributed by atoms with E-state index < -0.39 is 0 Å². The SMILES string of the molecule is CCOC(CN)Cc1nc2ccc(Cl)cc2o1. The van der Waals surface area contributed by atoms with Crippen molar-refractivity contribution in [2.45, 2.75) is 19.4 Å². The fraction of sp³-hybridized carbons (Fsp3) is 0.417. The van der Waals surface area contributed by atoms with E-state index in [9.17, 15) is 0 Å². The van der Waals surface area contributed by atoms with E-state index in [4.69, 9.17) is 26.5 Å². The largest absolute Gasteiger partial charge is 0.441 e. The normalized spacial score (nSPS) is 13.1. The Bertz CT molecular complexity index is 498.